The van der Waals surface area contributed by atoms with Crippen LogP contribution in [0, 0.1) is 0 Å². The summed E-state index contributed by atoms with van der Waals surface area (Å²) in [6.07, 6.45) is 0. The lowest BCUT2D eigenvalue weighted by molar-refractivity contribution is 1.18. The van der Waals surface area contributed by atoms with Crippen LogP contribution in [-0.2, 0) is 0 Å². The lowest BCUT2D eigenvalue weighted by Gasteiger charge is -2.13. The van der Waals surface area contributed by atoms with Crippen molar-refractivity contribution in [3.63, 3.8) is 0 Å². The molecule has 238 valence electrons. The van der Waals surface area contributed by atoms with E-state index in [0.717, 1.165) is 0 Å². The highest BCUT2D eigenvalue weighted by atomic mass is 32.1. The van der Waals surface area contributed by atoms with Crippen molar-refractivity contribution in [1.29, 1.82) is 0 Å². The molecule has 0 saturated heterocycles. The van der Waals surface area contributed by atoms with Crippen molar-refractivity contribution in [3.05, 3.63) is 182 Å². The molecule has 0 aliphatic heterocycles. The van der Waals surface area contributed by atoms with Gasteiger partial charge in [-0.2, -0.15) is 0 Å². The van der Waals surface area contributed by atoms with Gasteiger partial charge < -0.3 is 9.13 Å². The molecule has 0 spiro atoms. The zero-order chi connectivity index (χ0) is 33.5. The van der Waals surface area contributed by atoms with Crippen molar-refractivity contribution in [2.24, 2.45) is 0 Å². The Kier molecular flexibility index (Phi) is 6.16. The summed E-state index contributed by atoms with van der Waals surface area (Å²) in [5.74, 6) is 0. The van der Waals surface area contributed by atoms with E-state index < -0.39 is 0 Å². The number of para-hydroxylation sites is 3. The Balaban J connectivity index is 1.22. The maximum atomic E-state index is 2.51. The highest BCUT2D eigenvalue weighted by Gasteiger charge is 2.21. The summed E-state index contributed by atoms with van der Waals surface area (Å²) < 4.78 is 7.52. The average molecular weight is 667 g/mol. The monoisotopic (exact) mass is 666 g/mol. The number of aromatic nitrogens is 2. The molecule has 0 aliphatic carbocycles. The largest absolute Gasteiger partial charge is 0.309 e. The van der Waals surface area contributed by atoms with Gasteiger partial charge in [0.25, 0.3) is 0 Å². The minimum absolute atomic E-state index is 1.17. The second kappa shape index (κ2) is 11.0. The molecule has 0 radical (unpaired) electrons. The minimum atomic E-state index is 1.17. The molecule has 8 aromatic carbocycles. The third-order valence-corrected chi connectivity index (χ3v) is 11.7. The minimum Gasteiger partial charge on any atom is -0.309 e. The fourth-order valence-electron chi connectivity index (χ4n) is 8.36. The highest BCUT2D eigenvalue weighted by Crippen LogP contribution is 2.46. The van der Waals surface area contributed by atoms with Crippen molar-refractivity contribution in [1.82, 2.24) is 9.13 Å². The van der Waals surface area contributed by atoms with Crippen molar-refractivity contribution >= 4 is 75.1 Å². The van der Waals surface area contributed by atoms with Crippen molar-refractivity contribution in [3.8, 4) is 33.6 Å². The van der Waals surface area contributed by atoms with E-state index in [1.807, 2.05) is 11.3 Å². The van der Waals surface area contributed by atoms with Gasteiger partial charge in [-0.3, -0.25) is 0 Å². The van der Waals surface area contributed by atoms with E-state index in [2.05, 4.69) is 191 Å². The van der Waals surface area contributed by atoms with E-state index in [9.17, 15) is 0 Å². The summed E-state index contributed by atoms with van der Waals surface area (Å²) in [6, 6.07) is 66.5. The van der Waals surface area contributed by atoms with E-state index in [0.29, 0.717) is 0 Å². The van der Waals surface area contributed by atoms with E-state index >= 15 is 0 Å². The Labute approximate surface area is 298 Å². The number of benzene rings is 8. The summed E-state index contributed by atoms with van der Waals surface area (Å²) in [6.45, 7) is 0. The molecule has 51 heavy (non-hydrogen) atoms. The normalized spacial score (nSPS) is 11.9. The molecule has 0 bridgehead atoms. The van der Waals surface area contributed by atoms with E-state index in [1.54, 1.807) is 0 Å². The summed E-state index contributed by atoms with van der Waals surface area (Å²) in [5.41, 5.74) is 12.2. The zero-order valence-corrected chi connectivity index (χ0v) is 28.4. The van der Waals surface area contributed by atoms with Gasteiger partial charge in [-0.1, -0.05) is 133 Å². The fourth-order valence-corrected chi connectivity index (χ4v) is 9.59. The Morgan fingerprint density at radius 2 is 0.980 bits per heavy atom. The molecule has 2 nitrogen and oxygen atoms in total. The van der Waals surface area contributed by atoms with Gasteiger partial charge in [-0.05, 0) is 70.8 Å². The maximum absolute atomic E-state index is 2.51. The molecule has 0 fully saturated rings. The van der Waals surface area contributed by atoms with Crippen LogP contribution < -0.4 is 0 Å². The van der Waals surface area contributed by atoms with Crippen LogP contribution in [0.1, 0.15) is 0 Å². The molecule has 0 saturated carbocycles. The van der Waals surface area contributed by atoms with Gasteiger partial charge in [0, 0.05) is 42.7 Å². The summed E-state index contributed by atoms with van der Waals surface area (Å²) >= 11 is 1.89. The van der Waals surface area contributed by atoms with Crippen LogP contribution in [0.15, 0.2) is 182 Å². The second-order valence-electron chi connectivity index (χ2n) is 13.3. The van der Waals surface area contributed by atoms with E-state index in [4.69, 9.17) is 0 Å². The lowest BCUT2D eigenvalue weighted by Crippen LogP contribution is -1.95. The van der Waals surface area contributed by atoms with E-state index in [1.165, 1.54) is 97.4 Å². The molecule has 0 aliphatic rings. The standard InChI is InChI=1S/C48H30N2S/c1-3-14-31(15-4-1)35-28-29-43(48-47(35)39-20-9-12-25-45(39)51-48)50-40-22-10-7-18-36(40)37-27-26-32(30-44(37)50)34-21-13-24-42-46(34)38-19-8-11-23-41(38)49(42)33-16-5-2-6-17-33/h1-30H. The van der Waals surface area contributed by atoms with Crippen LogP contribution in [0.5, 0.6) is 0 Å². The highest BCUT2D eigenvalue weighted by molar-refractivity contribution is 7.26. The molecule has 0 atom stereocenters. The summed E-state index contributed by atoms with van der Waals surface area (Å²) in [7, 11) is 0. The Bertz CT molecular complexity index is 3130. The molecule has 11 aromatic rings. The predicted molar refractivity (Wildman–Crippen MR) is 219 cm³/mol. The van der Waals surface area contributed by atoms with Gasteiger partial charge in [-0.25, -0.2) is 0 Å². The Morgan fingerprint density at radius 3 is 1.80 bits per heavy atom. The zero-order valence-electron chi connectivity index (χ0n) is 27.6. The van der Waals surface area contributed by atoms with Crippen LogP contribution in [0.3, 0.4) is 0 Å². The quantitative estimate of drug-likeness (QED) is 0.177. The van der Waals surface area contributed by atoms with Crippen LogP contribution in [0.4, 0.5) is 0 Å². The van der Waals surface area contributed by atoms with Crippen LogP contribution in [-0.4, -0.2) is 9.13 Å². The molecule has 0 amide bonds. The molecular weight excluding hydrogens is 637 g/mol. The molecule has 3 heteroatoms. The number of hydrogen-bond acceptors (Lipinski definition) is 1. The smallest absolute Gasteiger partial charge is 0.0641 e. The first-order valence-electron chi connectivity index (χ1n) is 17.4. The third kappa shape index (κ3) is 4.16. The van der Waals surface area contributed by atoms with Crippen LogP contribution in [0.25, 0.3) is 97.4 Å². The fraction of sp³-hybridized carbons (Fsp3) is 0. The third-order valence-electron chi connectivity index (χ3n) is 10.5. The molecule has 3 heterocycles. The van der Waals surface area contributed by atoms with Gasteiger partial charge >= 0.3 is 0 Å². The maximum Gasteiger partial charge on any atom is 0.0641 e. The van der Waals surface area contributed by atoms with Crippen LogP contribution >= 0.6 is 11.3 Å². The van der Waals surface area contributed by atoms with E-state index in [-0.39, 0.29) is 0 Å². The second-order valence-corrected chi connectivity index (χ2v) is 14.3. The Morgan fingerprint density at radius 1 is 0.353 bits per heavy atom. The van der Waals surface area contributed by atoms with Crippen molar-refractivity contribution in [2.75, 3.05) is 0 Å². The number of thiophene rings is 1. The van der Waals surface area contributed by atoms with Gasteiger partial charge in [0.2, 0.25) is 0 Å². The summed E-state index contributed by atoms with van der Waals surface area (Å²) in [5, 5.41) is 7.68. The molecular formula is C48H30N2S. The van der Waals surface area contributed by atoms with Gasteiger partial charge in [0.15, 0.2) is 0 Å². The molecule has 0 unspecified atom stereocenters. The predicted octanol–water partition coefficient (Wildman–Crippen LogP) is 13.6. The first-order chi connectivity index (χ1) is 25.3. The number of rotatable bonds is 4. The molecule has 0 N–H and O–H groups in total. The Hall–Kier alpha value is -6.42. The molecule has 11 rings (SSSR count). The number of nitrogens with zero attached hydrogens (tertiary/aromatic N) is 2. The van der Waals surface area contributed by atoms with Gasteiger partial charge in [-0.15, -0.1) is 11.3 Å². The SMILES string of the molecule is c1ccc(-c2ccc(-n3c4ccccc4c4ccc(-c5cccc6c5c5ccccc5n6-c5ccccc5)cc43)c3sc4ccccc4c23)cc1. The first-order valence-corrected chi connectivity index (χ1v) is 18.3. The molecule has 3 aromatic heterocycles. The van der Waals surface area contributed by atoms with Crippen molar-refractivity contribution < 1.29 is 0 Å². The summed E-state index contributed by atoms with van der Waals surface area (Å²) in [4.78, 5) is 0. The van der Waals surface area contributed by atoms with Gasteiger partial charge in [0.05, 0.1) is 32.5 Å². The van der Waals surface area contributed by atoms with Crippen LogP contribution in [0.2, 0.25) is 0 Å². The number of hydrogen-bond donors (Lipinski definition) is 0. The topological polar surface area (TPSA) is 9.86 Å². The number of fused-ring (bicyclic) bond motifs is 9. The lowest BCUT2D eigenvalue weighted by atomic mass is 9.98. The first kappa shape index (κ1) is 28.4. The average Bonchev–Trinajstić information content (AvgIpc) is 3.86. The van der Waals surface area contributed by atoms with Crippen molar-refractivity contribution in [2.45, 2.75) is 0 Å². The van der Waals surface area contributed by atoms with Gasteiger partial charge in [0.1, 0.15) is 0 Å².